The molecular formula is C14H17N3O3. The molecule has 0 radical (unpaired) electrons. The molecule has 6 heteroatoms. The molecule has 1 aromatic rings. The summed E-state index contributed by atoms with van der Waals surface area (Å²) in [5.41, 5.74) is 0.647. The number of carbonyl (C=O) groups is 2. The summed E-state index contributed by atoms with van der Waals surface area (Å²) in [6.07, 6.45) is 0.429. The molecule has 6 nitrogen and oxygen atoms in total. The highest BCUT2D eigenvalue weighted by molar-refractivity contribution is 5.78. The number of benzene rings is 1. The molecule has 0 aromatic heterocycles. The van der Waals surface area contributed by atoms with Crippen molar-refractivity contribution in [2.24, 2.45) is 0 Å². The van der Waals surface area contributed by atoms with Gasteiger partial charge in [0.1, 0.15) is 6.61 Å². The Morgan fingerprint density at radius 2 is 2.15 bits per heavy atom. The van der Waals surface area contributed by atoms with Gasteiger partial charge in [0.25, 0.3) is 0 Å². The van der Waals surface area contributed by atoms with E-state index in [4.69, 9.17) is 4.74 Å². The lowest BCUT2D eigenvalue weighted by molar-refractivity contribution is 0.102. The van der Waals surface area contributed by atoms with Crippen LogP contribution in [0.15, 0.2) is 30.3 Å². The number of carbonyl (C=O) groups excluding carboxylic acids is 2. The van der Waals surface area contributed by atoms with Crippen molar-refractivity contribution >= 4 is 12.1 Å². The van der Waals surface area contributed by atoms with Crippen LogP contribution in [0.4, 0.5) is 9.59 Å². The van der Waals surface area contributed by atoms with Gasteiger partial charge < -0.3 is 20.3 Å². The molecule has 2 fully saturated rings. The topological polar surface area (TPSA) is 70.7 Å². The van der Waals surface area contributed by atoms with Crippen molar-refractivity contribution in [3.63, 3.8) is 0 Å². The van der Waals surface area contributed by atoms with Gasteiger partial charge in [-0.2, -0.15) is 0 Å². The van der Waals surface area contributed by atoms with Crippen LogP contribution in [0, 0.1) is 0 Å². The minimum atomic E-state index is -0.327. The molecule has 106 valence electrons. The Bertz CT molecular complexity index is 520. The highest BCUT2D eigenvalue weighted by atomic mass is 16.6. The number of hydrogen-bond acceptors (Lipinski definition) is 3. The lowest BCUT2D eigenvalue weighted by Gasteiger charge is -2.22. The third kappa shape index (κ3) is 2.54. The summed E-state index contributed by atoms with van der Waals surface area (Å²) in [5.74, 6) is 0. The third-order valence-corrected chi connectivity index (χ3v) is 3.78. The van der Waals surface area contributed by atoms with Gasteiger partial charge in [0, 0.05) is 19.6 Å². The molecule has 0 saturated carbocycles. The fraction of sp³-hybridized carbons (Fsp3) is 0.429. The zero-order valence-corrected chi connectivity index (χ0v) is 11.1. The number of amides is 3. The average Bonchev–Trinajstić information content (AvgIpc) is 3.04. The molecule has 3 rings (SSSR count). The summed E-state index contributed by atoms with van der Waals surface area (Å²) < 4.78 is 5.30. The first-order chi connectivity index (χ1) is 9.67. The van der Waals surface area contributed by atoms with Crippen LogP contribution in [0.25, 0.3) is 0 Å². The van der Waals surface area contributed by atoms with Crippen molar-refractivity contribution in [3.8, 4) is 0 Å². The molecular weight excluding hydrogens is 258 g/mol. The molecule has 3 amide bonds. The number of nitrogens with one attached hydrogen (secondary N) is 2. The number of rotatable bonds is 2. The van der Waals surface area contributed by atoms with E-state index in [1.165, 1.54) is 0 Å². The number of nitrogens with zero attached hydrogens (tertiary/aromatic N) is 1. The quantitative estimate of drug-likeness (QED) is 0.848. The smallest absolute Gasteiger partial charge is 0.410 e. The molecule has 1 spiro atoms. The van der Waals surface area contributed by atoms with Crippen molar-refractivity contribution in [1.29, 1.82) is 0 Å². The second-order valence-corrected chi connectivity index (χ2v) is 5.30. The van der Waals surface area contributed by atoms with Gasteiger partial charge in [-0.25, -0.2) is 9.59 Å². The molecule has 1 atom stereocenters. The number of hydrogen-bond donors (Lipinski definition) is 2. The van der Waals surface area contributed by atoms with Crippen LogP contribution in [-0.2, 0) is 11.3 Å². The molecule has 20 heavy (non-hydrogen) atoms. The Hall–Kier alpha value is -2.24. The summed E-state index contributed by atoms with van der Waals surface area (Å²) in [6, 6.07) is 9.41. The maximum atomic E-state index is 12.0. The SMILES string of the molecule is O=C1NCC2(CCN(C(=O)OCc3ccccc3)C2)N1. The second-order valence-electron chi connectivity index (χ2n) is 5.30. The van der Waals surface area contributed by atoms with Gasteiger partial charge in [-0.15, -0.1) is 0 Å². The van der Waals surface area contributed by atoms with Gasteiger partial charge in [0.15, 0.2) is 0 Å². The first kappa shape index (κ1) is 12.8. The Labute approximate surface area is 117 Å². The standard InChI is InChI=1S/C14H17N3O3/c18-12-15-9-14(16-12)6-7-17(10-14)13(19)20-8-11-4-2-1-3-5-11/h1-5H,6-10H2,(H2,15,16,18). The molecule has 1 aromatic carbocycles. The van der Waals surface area contributed by atoms with E-state index in [9.17, 15) is 9.59 Å². The third-order valence-electron chi connectivity index (χ3n) is 3.78. The van der Waals surface area contributed by atoms with Gasteiger partial charge in [-0.3, -0.25) is 0 Å². The number of urea groups is 1. The highest BCUT2D eigenvalue weighted by Crippen LogP contribution is 2.24. The molecule has 2 N–H and O–H groups in total. The van der Waals surface area contributed by atoms with Gasteiger partial charge in [0.05, 0.1) is 5.54 Å². The summed E-state index contributed by atoms with van der Waals surface area (Å²) in [6.45, 7) is 1.94. The zero-order chi connectivity index (χ0) is 14.0. The lowest BCUT2D eigenvalue weighted by Crippen LogP contribution is -2.46. The predicted molar refractivity (Wildman–Crippen MR) is 72.1 cm³/mol. The van der Waals surface area contributed by atoms with Crippen molar-refractivity contribution in [2.45, 2.75) is 18.6 Å². The number of ether oxygens (including phenoxy) is 1. The van der Waals surface area contributed by atoms with E-state index in [1.807, 2.05) is 30.3 Å². The summed E-state index contributed by atoms with van der Waals surface area (Å²) in [4.78, 5) is 24.9. The molecule has 0 bridgehead atoms. The lowest BCUT2D eigenvalue weighted by atomic mass is 10.0. The van der Waals surface area contributed by atoms with E-state index in [0.717, 1.165) is 12.0 Å². The largest absolute Gasteiger partial charge is 0.445 e. The van der Waals surface area contributed by atoms with Crippen LogP contribution < -0.4 is 10.6 Å². The van der Waals surface area contributed by atoms with Gasteiger partial charge in [-0.1, -0.05) is 30.3 Å². The minimum absolute atomic E-state index is 0.162. The number of likely N-dealkylation sites (tertiary alicyclic amines) is 1. The molecule has 2 aliphatic rings. The Morgan fingerprint density at radius 1 is 1.35 bits per heavy atom. The van der Waals surface area contributed by atoms with Crippen LogP contribution in [0.5, 0.6) is 0 Å². The molecule has 2 saturated heterocycles. The van der Waals surface area contributed by atoms with E-state index in [-0.39, 0.29) is 24.3 Å². The maximum absolute atomic E-state index is 12.0. The van der Waals surface area contributed by atoms with Crippen LogP contribution in [0.3, 0.4) is 0 Å². The van der Waals surface area contributed by atoms with Gasteiger partial charge >= 0.3 is 12.1 Å². The summed E-state index contributed by atoms with van der Waals surface area (Å²) in [7, 11) is 0. The van der Waals surface area contributed by atoms with E-state index in [1.54, 1.807) is 4.90 Å². The summed E-state index contributed by atoms with van der Waals surface area (Å²) >= 11 is 0. The van der Waals surface area contributed by atoms with Crippen LogP contribution in [0.1, 0.15) is 12.0 Å². The van der Waals surface area contributed by atoms with Crippen LogP contribution in [-0.4, -0.2) is 42.2 Å². The fourth-order valence-electron chi connectivity index (χ4n) is 2.66. The fourth-order valence-corrected chi connectivity index (χ4v) is 2.66. The zero-order valence-electron chi connectivity index (χ0n) is 11.1. The molecule has 2 heterocycles. The van der Waals surface area contributed by atoms with E-state index in [0.29, 0.717) is 19.6 Å². The van der Waals surface area contributed by atoms with Crippen LogP contribution in [0.2, 0.25) is 0 Å². The first-order valence-corrected chi connectivity index (χ1v) is 6.69. The van der Waals surface area contributed by atoms with Crippen molar-refractivity contribution in [1.82, 2.24) is 15.5 Å². The van der Waals surface area contributed by atoms with E-state index < -0.39 is 0 Å². The highest BCUT2D eigenvalue weighted by Gasteiger charge is 2.45. The van der Waals surface area contributed by atoms with Crippen molar-refractivity contribution in [3.05, 3.63) is 35.9 Å². The Kier molecular flexibility index (Phi) is 3.22. The average molecular weight is 275 g/mol. The van der Waals surface area contributed by atoms with Gasteiger partial charge in [0.2, 0.25) is 0 Å². The Balaban J connectivity index is 1.53. The maximum Gasteiger partial charge on any atom is 0.410 e. The second kappa shape index (κ2) is 5.03. The monoisotopic (exact) mass is 275 g/mol. The summed E-state index contributed by atoms with van der Waals surface area (Å²) in [5, 5.41) is 5.63. The minimum Gasteiger partial charge on any atom is -0.445 e. The molecule has 1 unspecified atom stereocenters. The van der Waals surface area contributed by atoms with Crippen molar-refractivity contribution in [2.75, 3.05) is 19.6 Å². The van der Waals surface area contributed by atoms with Crippen molar-refractivity contribution < 1.29 is 14.3 Å². The normalized spacial score (nSPS) is 24.6. The van der Waals surface area contributed by atoms with Gasteiger partial charge in [-0.05, 0) is 12.0 Å². The molecule has 0 aliphatic carbocycles. The Morgan fingerprint density at radius 3 is 2.85 bits per heavy atom. The van der Waals surface area contributed by atoms with E-state index in [2.05, 4.69) is 10.6 Å². The predicted octanol–water partition coefficient (Wildman–Crippen LogP) is 1.08. The first-order valence-electron chi connectivity index (χ1n) is 6.69. The van der Waals surface area contributed by atoms with E-state index >= 15 is 0 Å². The molecule has 2 aliphatic heterocycles. The van der Waals surface area contributed by atoms with Crippen LogP contribution >= 0.6 is 0 Å².